The van der Waals surface area contributed by atoms with Gasteiger partial charge in [-0.3, -0.25) is 4.79 Å². The highest BCUT2D eigenvalue weighted by atomic mass is 32.2. The zero-order chi connectivity index (χ0) is 13.6. The summed E-state index contributed by atoms with van der Waals surface area (Å²) in [7, 11) is 1.72. The minimum Gasteiger partial charge on any atom is -0.416 e. The Morgan fingerprint density at radius 1 is 1.42 bits per heavy atom. The standard InChI is InChI=1S/C12H12N4O2S/c1-6-14-15-12(18-6)19-7-3-4-8-9(5-7)16(2)11(17)10(8)13/h3-5,10H,13H2,1-2H3. The quantitative estimate of drug-likeness (QED) is 0.894. The van der Waals surface area contributed by atoms with Crippen LogP contribution in [0.4, 0.5) is 5.69 Å². The summed E-state index contributed by atoms with van der Waals surface area (Å²) >= 11 is 1.36. The Morgan fingerprint density at radius 2 is 2.21 bits per heavy atom. The first-order chi connectivity index (χ1) is 9.06. The fourth-order valence-electron chi connectivity index (χ4n) is 2.02. The molecule has 2 N–H and O–H groups in total. The van der Waals surface area contributed by atoms with Gasteiger partial charge < -0.3 is 15.1 Å². The molecule has 1 atom stereocenters. The zero-order valence-corrected chi connectivity index (χ0v) is 11.3. The maximum Gasteiger partial charge on any atom is 0.281 e. The van der Waals surface area contributed by atoms with E-state index in [1.165, 1.54) is 11.8 Å². The molecule has 1 amide bonds. The van der Waals surface area contributed by atoms with Crippen molar-refractivity contribution in [3.63, 3.8) is 0 Å². The molecule has 6 nitrogen and oxygen atoms in total. The number of rotatable bonds is 2. The largest absolute Gasteiger partial charge is 0.416 e. The number of amides is 1. The fraction of sp³-hybridized carbons (Fsp3) is 0.250. The SMILES string of the molecule is Cc1nnc(Sc2ccc3c(c2)N(C)C(=O)C3N)o1. The molecule has 98 valence electrons. The first-order valence-electron chi connectivity index (χ1n) is 5.71. The van der Waals surface area contributed by atoms with E-state index < -0.39 is 6.04 Å². The van der Waals surface area contributed by atoms with Crippen LogP contribution in [0.2, 0.25) is 0 Å². The maximum atomic E-state index is 11.8. The molecule has 1 aromatic heterocycles. The second kappa shape index (κ2) is 4.36. The van der Waals surface area contributed by atoms with Gasteiger partial charge in [-0.2, -0.15) is 0 Å². The van der Waals surface area contributed by atoms with E-state index in [1.54, 1.807) is 18.9 Å². The molecule has 0 saturated heterocycles. The van der Waals surface area contributed by atoms with E-state index >= 15 is 0 Å². The van der Waals surface area contributed by atoms with Crippen LogP contribution in [0.5, 0.6) is 0 Å². The fourth-order valence-corrected chi connectivity index (χ4v) is 2.77. The average Bonchev–Trinajstić information content (AvgIpc) is 2.89. The first-order valence-corrected chi connectivity index (χ1v) is 6.53. The molecule has 2 heterocycles. The van der Waals surface area contributed by atoms with Crippen molar-refractivity contribution in [2.24, 2.45) is 5.73 Å². The minimum atomic E-state index is -0.565. The van der Waals surface area contributed by atoms with Gasteiger partial charge >= 0.3 is 0 Å². The van der Waals surface area contributed by atoms with E-state index in [4.69, 9.17) is 10.2 Å². The van der Waals surface area contributed by atoms with Crippen LogP contribution in [0, 0.1) is 6.92 Å². The molecular formula is C12H12N4O2S. The number of nitrogens with zero attached hydrogens (tertiary/aromatic N) is 3. The lowest BCUT2D eigenvalue weighted by Crippen LogP contribution is -2.27. The number of anilines is 1. The monoisotopic (exact) mass is 276 g/mol. The lowest BCUT2D eigenvalue weighted by atomic mass is 10.1. The summed E-state index contributed by atoms with van der Waals surface area (Å²) < 4.78 is 5.31. The molecule has 19 heavy (non-hydrogen) atoms. The number of fused-ring (bicyclic) bond motifs is 1. The van der Waals surface area contributed by atoms with Gasteiger partial charge in [0.25, 0.3) is 5.22 Å². The molecule has 0 bridgehead atoms. The van der Waals surface area contributed by atoms with Gasteiger partial charge in [0, 0.05) is 30.1 Å². The number of benzene rings is 1. The third kappa shape index (κ3) is 2.00. The summed E-state index contributed by atoms with van der Waals surface area (Å²) in [5, 5.41) is 8.18. The van der Waals surface area contributed by atoms with Crippen LogP contribution >= 0.6 is 11.8 Å². The molecule has 0 radical (unpaired) electrons. The highest BCUT2D eigenvalue weighted by Crippen LogP contribution is 2.37. The second-order valence-corrected chi connectivity index (χ2v) is 5.31. The van der Waals surface area contributed by atoms with Crippen molar-refractivity contribution in [2.75, 3.05) is 11.9 Å². The molecule has 7 heteroatoms. The van der Waals surface area contributed by atoms with Crippen LogP contribution in [0.15, 0.2) is 32.7 Å². The third-order valence-electron chi connectivity index (χ3n) is 3.01. The van der Waals surface area contributed by atoms with Crippen LogP contribution in [-0.4, -0.2) is 23.2 Å². The number of carbonyl (C=O) groups excluding carboxylic acids is 1. The Balaban J connectivity index is 1.92. The van der Waals surface area contributed by atoms with E-state index in [0.29, 0.717) is 11.1 Å². The molecule has 0 aliphatic carbocycles. The van der Waals surface area contributed by atoms with E-state index in [1.807, 2.05) is 18.2 Å². The lowest BCUT2D eigenvalue weighted by molar-refractivity contribution is -0.118. The summed E-state index contributed by atoms with van der Waals surface area (Å²) in [6.07, 6.45) is 0. The average molecular weight is 276 g/mol. The molecule has 1 unspecified atom stereocenters. The highest BCUT2D eigenvalue weighted by molar-refractivity contribution is 7.99. The number of aryl methyl sites for hydroxylation is 1. The molecule has 0 spiro atoms. The second-order valence-electron chi connectivity index (χ2n) is 4.28. The number of nitrogens with two attached hydrogens (primary N) is 1. The van der Waals surface area contributed by atoms with Crippen molar-refractivity contribution in [2.45, 2.75) is 23.1 Å². The van der Waals surface area contributed by atoms with Crippen molar-refractivity contribution < 1.29 is 9.21 Å². The van der Waals surface area contributed by atoms with E-state index in [0.717, 1.165) is 16.1 Å². The lowest BCUT2D eigenvalue weighted by Gasteiger charge is -2.10. The van der Waals surface area contributed by atoms with Crippen LogP contribution in [0.3, 0.4) is 0 Å². The van der Waals surface area contributed by atoms with Crippen LogP contribution < -0.4 is 10.6 Å². The first kappa shape index (κ1) is 12.2. The predicted octanol–water partition coefficient (Wildman–Crippen LogP) is 1.51. The molecule has 1 aromatic carbocycles. The van der Waals surface area contributed by atoms with Crippen LogP contribution in [-0.2, 0) is 4.79 Å². The molecule has 2 aromatic rings. The van der Waals surface area contributed by atoms with Gasteiger partial charge in [0.2, 0.25) is 11.8 Å². The maximum absolute atomic E-state index is 11.8. The Kier molecular flexibility index (Phi) is 2.79. The van der Waals surface area contributed by atoms with Crippen molar-refractivity contribution in [3.05, 3.63) is 29.7 Å². The highest BCUT2D eigenvalue weighted by Gasteiger charge is 2.32. The van der Waals surface area contributed by atoms with Gasteiger partial charge in [0.05, 0.1) is 0 Å². The Bertz CT molecular complexity index is 655. The van der Waals surface area contributed by atoms with Gasteiger partial charge in [-0.15, -0.1) is 10.2 Å². The molecule has 3 rings (SSSR count). The Morgan fingerprint density at radius 3 is 2.89 bits per heavy atom. The van der Waals surface area contributed by atoms with Crippen molar-refractivity contribution in [1.82, 2.24) is 10.2 Å². The summed E-state index contributed by atoms with van der Waals surface area (Å²) in [5.41, 5.74) is 7.53. The van der Waals surface area contributed by atoms with Crippen molar-refractivity contribution >= 4 is 23.4 Å². The van der Waals surface area contributed by atoms with Crippen molar-refractivity contribution in [1.29, 1.82) is 0 Å². The third-order valence-corrected chi connectivity index (χ3v) is 3.84. The number of hydrogen-bond donors (Lipinski definition) is 1. The van der Waals surface area contributed by atoms with E-state index in [9.17, 15) is 4.79 Å². The van der Waals surface area contributed by atoms with Gasteiger partial charge in [-0.05, 0) is 23.9 Å². The van der Waals surface area contributed by atoms with Crippen molar-refractivity contribution in [3.8, 4) is 0 Å². The van der Waals surface area contributed by atoms with Crippen LogP contribution in [0.25, 0.3) is 0 Å². The predicted molar refractivity (Wildman–Crippen MR) is 69.9 cm³/mol. The molecule has 0 fully saturated rings. The molecule has 1 aliphatic rings. The van der Waals surface area contributed by atoms with Gasteiger partial charge in [-0.1, -0.05) is 6.07 Å². The number of hydrogen-bond acceptors (Lipinski definition) is 6. The van der Waals surface area contributed by atoms with Crippen LogP contribution in [0.1, 0.15) is 17.5 Å². The van der Waals surface area contributed by atoms with Gasteiger partial charge in [0.15, 0.2) is 0 Å². The summed E-state index contributed by atoms with van der Waals surface area (Å²) in [5.74, 6) is 0.434. The Labute approximate surface area is 114 Å². The zero-order valence-electron chi connectivity index (χ0n) is 10.5. The number of likely N-dealkylation sites (N-methyl/N-ethyl adjacent to an activating group) is 1. The molecule has 1 aliphatic heterocycles. The summed E-state index contributed by atoms with van der Waals surface area (Å²) in [4.78, 5) is 14.3. The summed E-state index contributed by atoms with van der Waals surface area (Å²) in [6.45, 7) is 1.74. The van der Waals surface area contributed by atoms with Gasteiger partial charge in [-0.25, -0.2) is 0 Å². The normalized spacial score (nSPS) is 17.9. The smallest absolute Gasteiger partial charge is 0.281 e. The minimum absolute atomic E-state index is 0.0919. The molecule has 0 saturated carbocycles. The van der Waals surface area contributed by atoms with E-state index in [-0.39, 0.29) is 5.91 Å². The van der Waals surface area contributed by atoms with E-state index in [2.05, 4.69) is 10.2 Å². The molecular weight excluding hydrogens is 264 g/mol. The van der Waals surface area contributed by atoms with Gasteiger partial charge in [0.1, 0.15) is 6.04 Å². The topological polar surface area (TPSA) is 85.2 Å². The number of aromatic nitrogens is 2. The Hall–Kier alpha value is -1.86. The summed E-state index contributed by atoms with van der Waals surface area (Å²) in [6, 6.07) is 5.11. The number of carbonyl (C=O) groups is 1.